The van der Waals surface area contributed by atoms with Crippen LogP contribution in [0.1, 0.15) is 6.92 Å². The molecule has 3 aromatic rings. The molecule has 4 nitrogen and oxygen atoms in total. The van der Waals surface area contributed by atoms with Gasteiger partial charge < -0.3 is 4.90 Å². The topological polar surface area (TPSA) is 35.9 Å². The van der Waals surface area contributed by atoms with Crippen LogP contribution in [0.25, 0.3) is 0 Å². The zero-order valence-electron chi connectivity index (χ0n) is 17.5. The normalized spacial score (nSPS) is 17.7. The van der Waals surface area contributed by atoms with Gasteiger partial charge in [0.1, 0.15) is 0 Å². The van der Waals surface area contributed by atoms with Crippen molar-refractivity contribution in [2.24, 2.45) is 4.99 Å². The van der Waals surface area contributed by atoms with Crippen molar-refractivity contribution in [2.75, 3.05) is 16.3 Å². The highest BCUT2D eigenvalue weighted by Crippen LogP contribution is 2.46. The molecule has 0 saturated carbocycles. The van der Waals surface area contributed by atoms with Crippen LogP contribution in [-0.4, -0.2) is 17.6 Å². The van der Waals surface area contributed by atoms with Crippen LogP contribution in [-0.2, 0) is 4.79 Å². The van der Waals surface area contributed by atoms with Crippen molar-refractivity contribution in [1.29, 1.82) is 0 Å². The Bertz CT molecular complexity index is 1200. The number of rotatable bonds is 4. The Morgan fingerprint density at radius 1 is 0.844 bits per heavy atom. The number of allylic oxidation sites excluding steroid dienone is 2. The second-order valence-electron chi connectivity index (χ2n) is 7.16. The molecule has 0 bridgehead atoms. The minimum atomic E-state index is -0.206. The van der Waals surface area contributed by atoms with E-state index in [-0.39, 0.29) is 5.91 Å². The summed E-state index contributed by atoms with van der Waals surface area (Å²) < 4.78 is 0. The lowest BCUT2D eigenvalue weighted by Gasteiger charge is -2.23. The standard InChI is InChI=1S/C26H21N3OS2/c1-2-28-21-15-9-10-16-22(21)31-24(28)18-17-23-25(30)27-26(32-23)29(19-11-5-3-6-12-19)20-13-7-4-8-14-20/h3-18H,2H2,1H3/b23-17+,24-18-. The van der Waals surface area contributed by atoms with Gasteiger partial charge in [0.15, 0.2) is 5.17 Å². The zero-order chi connectivity index (χ0) is 21.9. The Kier molecular flexibility index (Phi) is 5.88. The summed E-state index contributed by atoms with van der Waals surface area (Å²) in [5.74, 6) is -0.206. The van der Waals surface area contributed by atoms with E-state index in [1.54, 1.807) is 11.8 Å². The lowest BCUT2D eigenvalue weighted by Crippen LogP contribution is -2.21. The summed E-state index contributed by atoms with van der Waals surface area (Å²) in [5, 5.41) is 1.78. The molecule has 0 radical (unpaired) electrons. The van der Waals surface area contributed by atoms with E-state index in [4.69, 9.17) is 0 Å². The molecular weight excluding hydrogens is 434 g/mol. The first kappa shape index (κ1) is 20.7. The molecule has 0 fully saturated rings. The van der Waals surface area contributed by atoms with Gasteiger partial charge in [0.25, 0.3) is 5.91 Å². The van der Waals surface area contributed by atoms with Crippen molar-refractivity contribution in [3.8, 4) is 0 Å². The van der Waals surface area contributed by atoms with E-state index in [1.807, 2.05) is 77.7 Å². The zero-order valence-corrected chi connectivity index (χ0v) is 19.1. The number of fused-ring (bicyclic) bond motifs is 1. The first-order valence-electron chi connectivity index (χ1n) is 10.4. The van der Waals surface area contributed by atoms with Crippen LogP contribution in [0.2, 0.25) is 0 Å². The monoisotopic (exact) mass is 455 g/mol. The van der Waals surface area contributed by atoms with Crippen molar-refractivity contribution in [1.82, 2.24) is 0 Å². The molecule has 0 unspecified atom stereocenters. The summed E-state index contributed by atoms with van der Waals surface area (Å²) in [5.41, 5.74) is 3.15. The molecule has 0 aliphatic carbocycles. The average molecular weight is 456 g/mol. The van der Waals surface area contributed by atoms with Crippen molar-refractivity contribution in [3.63, 3.8) is 0 Å². The fourth-order valence-electron chi connectivity index (χ4n) is 3.68. The number of nitrogens with zero attached hydrogens (tertiary/aromatic N) is 3. The Labute approximate surface area is 196 Å². The number of benzene rings is 3. The van der Waals surface area contributed by atoms with Crippen molar-refractivity contribution in [2.45, 2.75) is 11.8 Å². The molecule has 0 aromatic heterocycles. The van der Waals surface area contributed by atoms with Crippen LogP contribution in [0.5, 0.6) is 0 Å². The lowest BCUT2D eigenvalue weighted by molar-refractivity contribution is -0.113. The molecule has 2 heterocycles. The molecule has 0 N–H and O–H groups in total. The molecule has 5 rings (SSSR count). The van der Waals surface area contributed by atoms with Crippen LogP contribution < -0.4 is 9.80 Å². The molecule has 3 aromatic carbocycles. The maximum Gasteiger partial charge on any atom is 0.286 e. The molecule has 1 amide bonds. The fraction of sp³-hybridized carbons (Fsp3) is 0.0769. The lowest BCUT2D eigenvalue weighted by atomic mass is 10.2. The third kappa shape index (κ3) is 3.99. The summed E-state index contributed by atoms with van der Waals surface area (Å²) in [6.45, 7) is 3.01. The number of hydrogen-bond donors (Lipinski definition) is 0. The number of anilines is 3. The van der Waals surface area contributed by atoms with Gasteiger partial charge in [0.2, 0.25) is 0 Å². The number of thioether (sulfide) groups is 2. The van der Waals surface area contributed by atoms with Gasteiger partial charge in [-0.1, -0.05) is 60.3 Å². The van der Waals surface area contributed by atoms with Crippen molar-refractivity contribution in [3.05, 3.63) is 107 Å². The Morgan fingerprint density at radius 3 is 2.12 bits per heavy atom. The summed E-state index contributed by atoms with van der Waals surface area (Å²) in [6.07, 6.45) is 3.93. The van der Waals surface area contributed by atoms with Gasteiger partial charge >= 0.3 is 0 Å². The molecule has 6 heteroatoms. The SMILES string of the molecule is CCN1/C(=C/C=C2/SC(N(c3ccccc3)c3ccccc3)=NC2=O)Sc2ccccc21. The highest BCUT2D eigenvalue weighted by Gasteiger charge is 2.28. The van der Waals surface area contributed by atoms with Gasteiger partial charge in [0.05, 0.1) is 15.6 Å². The first-order valence-corrected chi connectivity index (χ1v) is 12.1. The van der Waals surface area contributed by atoms with Crippen LogP contribution >= 0.6 is 23.5 Å². The molecule has 2 aliphatic heterocycles. The van der Waals surface area contributed by atoms with Gasteiger partial charge in [0, 0.05) is 22.8 Å². The van der Waals surface area contributed by atoms with Crippen molar-refractivity contribution < 1.29 is 4.79 Å². The highest BCUT2D eigenvalue weighted by atomic mass is 32.2. The third-order valence-electron chi connectivity index (χ3n) is 5.16. The molecule has 0 spiro atoms. The van der Waals surface area contributed by atoms with Crippen molar-refractivity contribution >= 4 is 51.7 Å². The first-order chi connectivity index (χ1) is 15.7. The molecule has 158 valence electrons. The molecular formula is C26H21N3OS2. The summed E-state index contributed by atoms with van der Waals surface area (Å²) in [6, 6.07) is 28.4. The fourth-order valence-corrected chi connectivity index (χ4v) is 5.71. The Hall–Kier alpha value is -3.22. The molecule has 0 saturated heterocycles. The van der Waals surface area contributed by atoms with Gasteiger partial charge in [-0.2, -0.15) is 4.99 Å². The second kappa shape index (κ2) is 9.10. The van der Waals surface area contributed by atoms with Crippen LogP contribution in [0, 0.1) is 0 Å². The van der Waals surface area contributed by atoms with E-state index < -0.39 is 0 Å². The third-order valence-corrected chi connectivity index (χ3v) is 7.28. The smallest absolute Gasteiger partial charge is 0.286 e. The van der Waals surface area contributed by atoms with E-state index in [2.05, 4.69) is 41.1 Å². The van der Waals surface area contributed by atoms with E-state index in [0.717, 1.165) is 22.9 Å². The number of para-hydroxylation sites is 3. The Balaban J connectivity index is 1.43. The maximum absolute atomic E-state index is 12.8. The predicted octanol–water partition coefficient (Wildman–Crippen LogP) is 6.81. The average Bonchev–Trinajstić information content (AvgIpc) is 3.38. The van der Waals surface area contributed by atoms with Crippen LogP contribution in [0.4, 0.5) is 17.1 Å². The highest BCUT2D eigenvalue weighted by molar-refractivity contribution is 8.18. The van der Waals surface area contributed by atoms with E-state index >= 15 is 0 Å². The van der Waals surface area contributed by atoms with Gasteiger partial charge in [-0.3, -0.25) is 9.69 Å². The number of aliphatic imine (C=N–C) groups is 1. The quantitative estimate of drug-likeness (QED) is 0.404. The number of amides is 1. The predicted molar refractivity (Wildman–Crippen MR) is 137 cm³/mol. The molecule has 2 aliphatic rings. The molecule has 32 heavy (non-hydrogen) atoms. The van der Waals surface area contributed by atoms with Gasteiger partial charge in [-0.05, 0) is 67.2 Å². The van der Waals surface area contributed by atoms with Gasteiger partial charge in [-0.25, -0.2) is 0 Å². The van der Waals surface area contributed by atoms with E-state index in [0.29, 0.717) is 10.1 Å². The number of amidine groups is 1. The molecule has 0 atom stereocenters. The van der Waals surface area contributed by atoms with E-state index in [9.17, 15) is 4.79 Å². The van der Waals surface area contributed by atoms with Crippen LogP contribution in [0.15, 0.2) is 117 Å². The minimum absolute atomic E-state index is 0.206. The van der Waals surface area contributed by atoms with E-state index in [1.165, 1.54) is 22.3 Å². The number of carbonyl (C=O) groups excluding carboxylic acids is 1. The summed E-state index contributed by atoms with van der Waals surface area (Å²) in [4.78, 5) is 23.3. The number of carbonyl (C=O) groups is 1. The van der Waals surface area contributed by atoms with Gasteiger partial charge in [-0.15, -0.1) is 0 Å². The minimum Gasteiger partial charge on any atom is -0.335 e. The second-order valence-corrected chi connectivity index (χ2v) is 9.23. The van der Waals surface area contributed by atoms with Crippen LogP contribution in [0.3, 0.4) is 0 Å². The summed E-state index contributed by atoms with van der Waals surface area (Å²) >= 11 is 3.14. The Morgan fingerprint density at radius 2 is 1.47 bits per heavy atom. The number of hydrogen-bond acceptors (Lipinski definition) is 5. The summed E-state index contributed by atoms with van der Waals surface area (Å²) in [7, 11) is 0. The largest absolute Gasteiger partial charge is 0.335 e. The maximum atomic E-state index is 12.8.